The first-order valence-corrected chi connectivity index (χ1v) is 7.40. The molecule has 25 heavy (non-hydrogen) atoms. The number of nitrogens with zero attached hydrogens (tertiary/aromatic N) is 1. The molecule has 1 amide bonds. The summed E-state index contributed by atoms with van der Waals surface area (Å²) >= 11 is 0. The molecule has 0 saturated heterocycles. The summed E-state index contributed by atoms with van der Waals surface area (Å²) in [5.74, 6) is -0.763. The van der Waals surface area contributed by atoms with Crippen LogP contribution in [0.2, 0.25) is 0 Å². The van der Waals surface area contributed by atoms with Crippen molar-refractivity contribution in [3.05, 3.63) is 65.5 Å². The lowest BCUT2D eigenvalue weighted by Gasteiger charge is -2.14. The third-order valence-electron chi connectivity index (χ3n) is 2.89. The number of rotatable bonds is 6. The summed E-state index contributed by atoms with van der Waals surface area (Å²) in [6.07, 6.45) is -2.71. The third-order valence-corrected chi connectivity index (χ3v) is 2.89. The molecule has 0 aliphatic heterocycles. The second-order valence-electron chi connectivity index (χ2n) is 5.18. The molecule has 0 aromatic heterocycles. The molecule has 0 heterocycles. The topological polar surface area (TPSA) is 64.9 Å². The second kappa shape index (κ2) is 8.73. The lowest BCUT2D eigenvalue weighted by molar-refractivity contribution is -0.116. The van der Waals surface area contributed by atoms with Crippen LogP contribution in [0.3, 0.4) is 0 Å². The Morgan fingerprint density at radius 1 is 1.40 bits per heavy atom. The van der Waals surface area contributed by atoms with E-state index in [-0.39, 0.29) is 17.8 Å². The number of carbonyl (C=O) groups is 1. The lowest BCUT2D eigenvalue weighted by atomic mass is 10.1. The summed E-state index contributed by atoms with van der Waals surface area (Å²) in [7, 11) is 0. The SMILES string of the molecule is C=C(C)NC(=O)/C(=C/C(=C/CC)C(F)(F)F)Nc1cccc(C#N)c1. The van der Waals surface area contributed by atoms with Gasteiger partial charge >= 0.3 is 6.18 Å². The van der Waals surface area contributed by atoms with Gasteiger partial charge in [-0.3, -0.25) is 4.79 Å². The predicted octanol–water partition coefficient (Wildman–Crippen LogP) is 4.40. The first-order valence-electron chi connectivity index (χ1n) is 7.40. The van der Waals surface area contributed by atoms with Crippen molar-refractivity contribution in [2.24, 2.45) is 0 Å². The molecule has 0 fully saturated rings. The maximum Gasteiger partial charge on any atom is 0.416 e. The van der Waals surface area contributed by atoms with E-state index in [9.17, 15) is 18.0 Å². The minimum absolute atomic E-state index is 0.157. The monoisotopic (exact) mass is 349 g/mol. The summed E-state index contributed by atoms with van der Waals surface area (Å²) in [5.41, 5.74) is -0.331. The van der Waals surface area contributed by atoms with Gasteiger partial charge in [0.15, 0.2) is 0 Å². The van der Waals surface area contributed by atoms with Crippen LogP contribution in [0.25, 0.3) is 0 Å². The molecule has 1 aromatic carbocycles. The number of anilines is 1. The first kappa shape index (κ1) is 20.0. The Labute approximate surface area is 144 Å². The zero-order valence-corrected chi connectivity index (χ0v) is 13.9. The predicted molar refractivity (Wildman–Crippen MR) is 90.2 cm³/mol. The number of benzene rings is 1. The third kappa shape index (κ3) is 6.55. The molecule has 0 unspecified atom stereocenters. The Balaban J connectivity index is 3.30. The van der Waals surface area contributed by atoms with Gasteiger partial charge in [-0.25, -0.2) is 0 Å². The molecule has 0 bridgehead atoms. The van der Waals surface area contributed by atoms with Crippen molar-refractivity contribution in [1.82, 2.24) is 5.32 Å². The number of alkyl halides is 3. The lowest BCUT2D eigenvalue weighted by Crippen LogP contribution is -2.27. The zero-order valence-electron chi connectivity index (χ0n) is 13.9. The minimum Gasteiger partial charge on any atom is -0.351 e. The summed E-state index contributed by atoms with van der Waals surface area (Å²) in [6.45, 7) is 6.59. The Bertz CT molecular complexity index is 756. The molecule has 4 nitrogen and oxygen atoms in total. The van der Waals surface area contributed by atoms with Crippen LogP contribution in [-0.4, -0.2) is 12.1 Å². The van der Waals surface area contributed by atoms with E-state index >= 15 is 0 Å². The van der Waals surface area contributed by atoms with E-state index in [1.165, 1.54) is 13.0 Å². The molecule has 7 heteroatoms. The minimum atomic E-state index is -4.60. The normalized spacial score (nSPS) is 12.3. The van der Waals surface area contributed by atoms with Gasteiger partial charge < -0.3 is 10.6 Å². The highest BCUT2D eigenvalue weighted by atomic mass is 19.4. The van der Waals surface area contributed by atoms with E-state index in [4.69, 9.17) is 5.26 Å². The Kier molecular flexibility index (Phi) is 7.00. The highest BCUT2D eigenvalue weighted by Crippen LogP contribution is 2.28. The number of allylic oxidation sites excluding steroid dienone is 4. The van der Waals surface area contributed by atoms with Crippen LogP contribution in [0.5, 0.6) is 0 Å². The van der Waals surface area contributed by atoms with E-state index in [0.717, 1.165) is 12.2 Å². The molecular weight excluding hydrogens is 331 g/mol. The fourth-order valence-corrected chi connectivity index (χ4v) is 1.87. The molecule has 0 aliphatic rings. The van der Waals surface area contributed by atoms with Crippen LogP contribution < -0.4 is 10.6 Å². The molecule has 0 spiro atoms. The molecule has 0 saturated carbocycles. The van der Waals surface area contributed by atoms with Crippen LogP contribution in [0, 0.1) is 11.3 Å². The largest absolute Gasteiger partial charge is 0.416 e. The van der Waals surface area contributed by atoms with Crippen LogP contribution in [0.4, 0.5) is 18.9 Å². The average Bonchev–Trinajstić information content (AvgIpc) is 2.52. The van der Waals surface area contributed by atoms with Gasteiger partial charge in [-0.2, -0.15) is 18.4 Å². The van der Waals surface area contributed by atoms with Crippen LogP contribution in [0.15, 0.2) is 60.0 Å². The van der Waals surface area contributed by atoms with Crippen molar-refractivity contribution in [3.8, 4) is 6.07 Å². The number of amides is 1. The van der Waals surface area contributed by atoms with Gasteiger partial charge in [0, 0.05) is 11.4 Å². The van der Waals surface area contributed by atoms with Gasteiger partial charge in [0.25, 0.3) is 5.91 Å². The number of hydrogen-bond donors (Lipinski definition) is 2. The Morgan fingerprint density at radius 2 is 2.08 bits per heavy atom. The van der Waals surface area contributed by atoms with E-state index in [0.29, 0.717) is 11.3 Å². The quantitative estimate of drug-likeness (QED) is 0.591. The van der Waals surface area contributed by atoms with Gasteiger partial charge in [0.2, 0.25) is 0 Å². The van der Waals surface area contributed by atoms with Gasteiger partial charge in [-0.05, 0) is 37.6 Å². The smallest absolute Gasteiger partial charge is 0.351 e. The van der Waals surface area contributed by atoms with E-state index < -0.39 is 17.7 Å². The van der Waals surface area contributed by atoms with Crippen LogP contribution in [0.1, 0.15) is 25.8 Å². The maximum atomic E-state index is 13.1. The summed E-state index contributed by atoms with van der Waals surface area (Å²) in [6, 6.07) is 7.99. The molecule has 1 aromatic rings. The van der Waals surface area contributed by atoms with Crippen molar-refractivity contribution in [1.29, 1.82) is 5.26 Å². The van der Waals surface area contributed by atoms with Crippen molar-refractivity contribution >= 4 is 11.6 Å². The summed E-state index contributed by atoms with van der Waals surface area (Å²) in [4.78, 5) is 12.2. The van der Waals surface area contributed by atoms with Gasteiger partial charge in [-0.1, -0.05) is 25.6 Å². The van der Waals surface area contributed by atoms with Gasteiger partial charge in [-0.15, -0.1) is 0 Å². The fourth-order valence-electron chi connectivity index (χ4n) is 1.87. The molecule has 0 radical (unpaired) electrons. The van der Waals surface area contributed by atoms with Gasteiger partial charge in [0.05, 0.1) is 17.2 Å². The molecule has 0 atom stereocenters. The second-order valence-corrected chi connectivity index (χ2v) is 5.18. The summed E-state index contributed by atoms with van der Waals surface area (Å²) in [5, 5.41) is 13.9. The van der Waals surface area contributed by atoms with Crippen LogP contribution >= 0.6 is 0 Å². The van der Waals surface area contributed by atoms with Crippen molar-refractivity contribution in [3.63, 3.8) is 0 Å². The van der Waals surface area contributed by atoms with Crippen LogP contribution in [-0.2, 0) is 4.79 Å². The number of nitriles is 1. The first-order chi connectivity index (χ1) is 11.7. The molecule has 2 N–H and O–H groups in total. The highest BCUT2D eigenvalue weighted by molar-refractivity contribution is 5.97. The highest BCUT2D eigenvalue weighted by Gasteiger charge is 2.32. The molecular formula is C18H18F3N3O. The average molecular weight is 349 g/mol. The van der Waals surface area contributed by atoms with Crippen molar-refractivity contribution in [2.45, 2.75) is 26.4 Å². The van der Waals surface area contributed by atoms with Crippen molar-refractivity contribution < 1.29 is 18.0 Å². The van der Waals surface area contributed by atoms with Crippen molar-refractivity contribution in [2.75, 3.05) is 5.32 Å². The van der Waals surface area contributed by atoms with E-state index in [1.807, 2.05) is 6.07 Å². The Morgan fingerprint density at radius 3 is 2.60 bits per heavy atom. The number of nitrogens with one attached hydrogen (secondary N) is 2. The zero-order chi connectivity index (χ0) is 19.0. The Hall–Kier alpha value is -3.01. The van der Waals surface area contributed by atoms with E-state index in [2.05, 4.69) is 17.2 Å². The standard InChI is InChI=1S/C18H18F3N3O/c1-4-6-14(18(19,20)21)10-16(17(25)23-12(2)3)24-15-8-5-7-13(9-15)11-22/h5-10,24H,2,4H2,1,3H3,(H,23,25)/b14-6-,16-10-. The number of halogens is 3. The van der Waals surface area contributed by atoms with Gasteiger partial charge in [0.1, 0.15) is 5.70 Å². The number of carbonyl (C=O) groups excluding carboxylic acids is 1. The number of hydrogen-bond acceptors (Lipinski definition) is 3. The molecule has 0 aliphatic carbocycles. The molecule has 1 rings (SSSR count). The fraction of sp³-hybridized carbons (Fsp3) is 0.222. The molecule has 132 valence electrons. The summed E-state index contributed by atoms with van der Waals surface area (Å²) < 4.78 is 39.4. The van der Waals surface area contributed by atoms with E-state index in [1.54, 1.807) is 25.1 Å². The maximum absolute atomic E-state index is 13.1.